The summed E-state index contributed by atoms with van der Waals surface area (Å²) in [6.07, 6.45) is 0.513. The Morgan fingerprint density at radius 3 is 2.78 bits per heavy atom. The van der Waals surface area contributed by atoms with E-state index in [1.54, 1.807) is 0 Å². The molecule has 0 fully saturated rings. The third kappa shape index (κ3) is 4.02. The lowest BCUT2D eigenvalue weighted by Crippen LogP contribution is -2.26. The lowest BCUT2D eigenvalue weighted by atomic mass is 10.2. The molecule has 0 unspecified atom stereocenters. The van der Waals surface area contributed by atoms with Crippen LogP contribution in [0.2, 0.25) is 0 Å². The molecule has 0 saturated carbocycles. The van der Waals surface area contributed by atoms with Crippen molar-refractivity contribution in [1.29, 1.82) is 0 Å². The fraction of sp³-hybridized carbons (Fsp3) is 0.455. The van der Waals surface area contributed by atoms with Crippen molar-refractivity contribution in [2.45, 2.75) is 17.9 Å². The minimum absolute atomic E-state index is 0.163. The Bertz CT molecular complexity index is 490. The third-order valence-corrected chi connectivity index (χ3v) is 3.85. The van der Waals surface area contributed by atoms with Gasteiger partial charge in [-0.25, -0.2) is 17.5 Å². The number of nitrogens with one attached hydrogen (secondary N) is 1. The normalized spacial score (nSPS) is 11.7. The molecule has 0 aromatic heterocycles. The van der Waals surface area contributed by atoms with Crippen LogP contribution in [0.5, 0.6) is 0 Å². The maximum atomic E-state index is 13.1. The Kier molecular flexibility index (Phi) is 5.67. The van der Waals surface area contributed by atoms with E-state index >= 15 is 0 Å². The minimum atomic E-state index is -3.81. The zero-order chi connectivity index (χ0) is 13.6. The molecule has 0 aliphatic heterocycles. The molecule has 0 aliphatic rings. The van der Waals surface area contributed by atoms with E-state index in [0.717, 1.165) is 12.1 Å². The summed E-state index contributed by atoms with van der Waals surface area (Å²) in [5.41, 5.74) is 0.163. The number of benzene rings is 1. The molecule has 7 heteroatoms. The Hall–Kier alpha value is -1.02. The average molecular weight is 277 g/mol. The van der Waals surface area contributed by atoms with Crippen molar-refractivity contribution in [3.8, 4) is 0 Å². The second-order valence-electron chi connectivity index (χ2n) is 3.65. The fourth-order valence-electron chi connectivity index (χ4n) is 1.41. The largest absolute Gasteiger partial charge is 0.392 e. The van der Waals surface area contributed by atoms with Gasteiger partial charge in [-0.1, -0.05) is 6.07 Å². The first-order valence-corrected chi connectivity index (χ1v) is 6.87. The van der Waals surface area contributed by atoms with Gasteiger partial charge in [-0.3, -0.25) is 0 Å². The van der Waals surface area contributed by atoms with Crippen LogP contribution in [-0.2, 0) is 21.4 Å². The smallest absolute Gasteiger partial charge is 0.241 e. The Morgan fingerprint density at radius 2 is 2.17 bits per heavy atom. The second kappa shape index (κ2) is 6.79. The number of hydrogen-bond acceptors (Lipinski definition) is 4. The van der Waals surface area contributed by atoms with Gasteiger partial charge in [0.15, 0.2) is 0 Å². The number of sulfonamides is 1. The maximum Gasteiger partial charge on any atom is 0.241 e. The summed E-state index contributed by atoms with van der Waals surface area (Å²) in [5.74, 6) is -0.663. The number of halogens is 1. The molecule has 0 spiro atoms. The summed E-state index contributed by atoms with van der Waals surface area (Å²) < 4.78 is 44.0. The highest BCUT2D eigenvalue weighted by atomic mass is 32.2. The van der Waals surface area contributed by atoms with E-state index in [9.17, 15) is 12.8 Å². The first-order chi connectivity index (χ1) is 8.51. The minimum Gasteiger partial charge on any atom is -0.392 e. The molecule has 102 valence electrons. The van der Waals surface area contributed by atoms with Gasteiger partial charge in [-0.15, -0.1) is 0 Å². The van der Waals surface area contributed by atoms with Crippen LogP contribution in [0, 0.1) is 5.82 Å². The highest BCUT2D eigenvalue weighted by molar-refractivity contribution is 7.89. The van der Waals surface area contributed by atoms with Crippen molar-refractivity contribution in [3.63, 3.8) is 0 Å². The number of methoxy groups -OCH3 is 1. The Balaban J connectivity index is 2.87. The molecule has 0 bridgehead atoms. The third-order valence-electron chi connectivity index (χ3n) is 2.31. The van der Waals surface area contributed by atoms with Crippen LogP contribution in [0.25, 0.3) is 0 Å². The highest BCUT2D eigenvalue weighted by Crippen LogP contribution is 2.17. The summed E-state index contributed by atoms with van der Waals surface area (Å²) in [7, 11) is -2.29. The van der Waals surface area contributed by atoms with Crippen LogP contribution in [0.4, 0.5) is 4.39 Å². The van der Waals surface area contributed by atoms with E-state index in [4.69, 9.17) is 9.84 Å². The quantitative estimate of drug-likeness (QED) is 0.717. The van der Waals surface area contributed by atoms with Gasteiger partial charge in [-0.05, 0) is 24.1 Å². The van der Waals surface area contributed by atoms with Gasteiger partial charge in [-0.2, -0.15) is 0 Å². The second-order valence-corrected chi connectivity index (χ2v) is 5.39. The van der Waals surface area contributed by atoms with Crippen LogP contribution in [0.15, 0.2) is 23.1 Å². The van der Waals surface area contributed by atoms with E-state index in [0.29, 0.717) is 13.0 Å². The molecule has 1 aromatic carbocycles. The highest BCUT2D eigenvalue weighted by Gasteiger charge is 2.18. The van der Waals surface area contributed by atoms with Gasteiger partial charge >= 0.3 is 0 Å². The van der Waals surface area contributed by atoms with Crippen molar-refractivity contribution in [2.75, 3.05) is 20.3 Å². The van der Waals surface area contributed by atoms with Crippen LogP contribution >= 0.6 is 0 Å². The molecule has 0 radical (unpaired) electrons. The molecular weight excluding hydrogens is 261 g/mol. The number of aliphatic hydroxyl groups is 1. The van der Waals surface area contributed by atoms with Crippen LogP contribution in [0.3, 0.4) is 0 Å². The first-order valence-electron chi connectivity index (χ1n) is 5.39. The molecule has 2 N–H and O–H groups in total. The molecule has 0 atom stereocenters. The van der Waals surface area contributed by atoms with Gasteiger partial charge in [0.2, 0.25) is 10.0 Å². The number of aliphatic hydroxyl groups excluding tert-OH is 1. The Labute approximate surface area is 106 Å². The standard InChI is InChI=1S/C11H16FNO4S/c1-17-6-2-5-13-18(15,16)11-7-10(12)4-3-9(11)8-14/h3-4,7,13-14H,2,5-6,8H2,1H3. The van der Waals surface area contributed by atoms with Crippen molar-refractivity contribution >= 4 is 10.0 Å². The van der Waals surface area contributed by atoms with Crippen molar-refractivity contribution in [2.24, 2.45) is 0 Å². The predicted molar refractivity (Wildman–Crippen MR) is 64.0 cm³/mol. The van der Waals surface area contributed by atoms with Crippen LogP contribution in [-0.4, -0.2) is 33.8 Å². The lowest BCUT2D eigenvalue weighted by molar-refractivity contribution is 0.196. The summed E-state index contributed by atoms with van der Waals surface area (Å²) >= 11 is 0. The molecule has 0 heterocycles. The average Bonchev–Trinajstić information content (AvgIpc) is 2.35. The van der Waals surface area contributed by atoms with Gasteiger partial charge in [0.1, 0.15) is 5.82 Å². The van der Waals surface area contributed by atoms with Crippen LogP contribution < -0.4 is 4.72 Å². The molecule has 1 rings (SSSR count). The molecule has 5 nitrogen and oxygen atoms in total. The van der Waals surface area contributed by atoms with E-state index < -0.39 is 22.4 Å². The molecule has 0 amide bonds. The molecule has 18 heavy (non-hydrogen) atoms. The number of hydrogen-bond donors (Lipinski definition) is 2. The topological polar surface area (TPSA) is 75.6 Å². The van der Waals surface area contributed by atoms with Crippen molar-refractivity contribution in [3.05, 3.63) is 29.6 Å². The van der Waals surface area contributed by atoms with Gasteiger partial charge in [0.25, 0.3) is 0 Å². The SMILES string of the molecule is COCCCNS(=O)(=O)c1cc(F)ccc1CO. The van der Waals surface area contributed by atoms with Crippen LogP contribution in [0.1, 0.15) is 12.0 Å². The Morgan fingerprint density at radius 1 is 1.44 bits per heavy atom. The first kappa shape index (κ1) is 15.0. The van der Waals surface area contributed by atoms with Crippen molar-refractivity contribution in [1.82, 2.24) is 4.72 Å². The predicted octanol–water partition coefficient (Wildman–Crippen LogP) is 0.633. The molecular formula is C11H16FNO4S. The maximum absolute atomic E-state index is 13.1. The van der Waals surface area contributed by atoms with Gasteiger partial charge in [0.05, 0.1) is 11.5 Å². The van der Waals surface area contributed by atoms with E-state index in [1.807, 2.05) is 0 Å². The fourth-order valence-corrected chi connectivity index (χ4v) is 2.72. The summed E-state index contributed by atoms with van der Waals surface area (Å²) in [4.78, 5) is -0.234. The summed E-state index contributed by atoms with van der Waals surface area (Å²) in [6, 6.07) is 3.25. The zero-order valence-electron chi connectivity index (χ0n) is 10.0. The van der Waals surface area contributed by atoms with E-state index in [1.165, 1.54) is 13.2 Å². The summed E-state index contributed by atoms with van der Waals surface area (Å²) in [5, 5.41) is 9.05. The monoisotopic (exact) mass is 277 g/mol. The van der Waals surface area contributed by atoms with Crippen molar-refractivity contribution < 1.29 is 22.7 Å². The number of rotatable bonds is 7. The lowest BCUT2D eigenvalue weighted by Gasteiger charge is -2.10. The van der Waals surface area contributed by atoms with Gasteiger partial charge < -0.3 is 9.84 Å². The molecule has 0 aliphatic carbocycles. The van der Waals surface area contributed by atoms with E-state index in [-0.39, 0.29) is 17.0 Å². The number of ether oxygens (including phenoxy) is 1. The molecule has 1 aromatic rings. The summed E-state index contributed by atoms with van der Waals surface area (Å²) in [6.45, 7) is 0.157. The van der Waals surface area contributed by atoms with E-state index in [2.05, 4.69) is 4.72 Å². The molecule has 0 saturated heterocycles. The zero-order valence-corrected chi connectivity index (χ0v) is 10.8. The van der Waals surface area contributed by atoms with Gasteiger partial charge in [0, 0.05) is 20.3 Å².